The highest BCUT2D eigenvalue weighted by Gasteiger charge is 2.31. The third kappa shape index (κ3) is 4.97. The van der Waals surface area contributed by atoms with Gasteiger partial charge in [-0.3, -0.25) is 0 Å². The zero-order valence-corrected chi connectivity index (χ0v) is 19.8. The Morgan fingerprint density at radius 3 is 2.54 bits per heavy atom. The van der Waals surface area contributed by atoms with Crippen LogP contribution in [0.5, 0.6) is 5.75 Å². The molecule has 2 aromatic heterocycles. The van der Waals surface area contributed by atoms with Crippen LogP contribution in [0.25, 0.3) is 22.2 Å². The molecule has 3 N–H and O–H groups in total. The van der Waals surface area contributed by atoms with Gasteiger partial charge in [0.1, 0.15) is 11.6 Å². The Kier molecular flexibility index (Phi) is 6.14. The van der Waals surface area contributed by atoms with Gasteiger partial charge >= 0.3 is 6.18 Å². The minimum Gasteiger partial charge on any atom is -0.484 e. The normalized spacial score (nSPS) is 16.3. The molecule has 11 heteroatoms. The minimum atomic E-state index is -4.39. The Morgan fingerprint density at radius 1 is 1.09 bits per heavy atom. The number of alkyl halides is 3. The number of nitrogens with two attached hydrogens (primary N) is 1. The van der Waals surface area contributed by atoms with Crippen LogP contribution in [0, 0.1) is 0 Å². The molecule has 0 bridgehead atoms. The van der Waals surface area contributed by atoms with E-state index in [-0.39, 0.29) is 11.8 Å². The molecule has 6 nitrogen and oxygen atoms in total. The van der Waals surface area contributed by atoms with Gasteiger partial charge in [0.15, 0.2) is 12.4 Å². The molecule has 1 fully saturated rings. The van der Waals surface area contributed by atoms with E-state index in [0.717, 1.165) is 47.4 Å². The number of nitrogens with zero attached hydrogens (tertiary/aromatic N) is 3. The van der Waals surface area contributed by atoms with Gasteiger partial charge in [-0.15, -0.1) is 0 Å². The van der Waals surface area contributed by atoms with Crippen LogP contribution in [0.3, 0.4) is 0 Å². The number of rotatable bonds is 5. The summed E-state index contributed by atoms with van der Waals surface area (Å²) in [6, 6.07) is 11.6. The predicted octanol–water partition coefficient (Wildman–Crippen LogP) is 6.80. The van der Waals surface area contributed by atoms with E-state index < -0.39 is 12.8 Å². The zero-order chi connectivity index (χ0) is 24.7. The van der Waals surface area contributed by atoms with Gasteiger partial charge < -0.3 is 20.4 Å². The second-order valence-corrected chi connectivity index (χ2v) is 9.14. The molecule has 0 spiro atoms. The summed E-state index contributed by atoms with van der Waals surface area (Å²) in [5.41, 5.74) is 9.95. The van der Waals surface area contributed by atoms with E-state index in [0.29, 0.717) is 21.6 Å². The lowest BCUT2D eigenvalue weighted by atomic mass is 10.1. The van der Waals surface area contributed by atoms with Crippen molar-refractivity contribution >= 4 is 45.7 Å². The molecule has 35 heavy (non-hydrogen) atoms. The van der Waals surface area contributed by atoms with Gasteiger partial charge in [-0.2, -0.15) is 13.2 Å². The number of aromatic amines is 1. The first kappa shape index (κ1) is 23.6. The number of ether oxygens (including phenoxy) is 1. The molecular weight excluding hydrogens is 502 g/mol. The highest BCUT2D eigenvalue weighted by atomic mass is 35.5. The Labute approximate surface area is 208 Å². The number of hydrogen-bond acceptors (Lipinski definition) is 5. The number of anilines is 2. The topological polar surface area (TPSA) is 80.1 Å². The summed E-state index contributed by atoms with van der Waals surface area (Å²) >= 11 is 12.3. The Morgan fingerprint density at radius 2 is 1.83 bits per heavy atom. The summed E-state index contributed by atoms with van der Waals surface area (Å²) in [5.74, 6) is 1.57. The monoisotopic (exact) mass is 521 g/mol. The van der Waals surface area contributed by atoms with Gasteiger partial charge in [0, 0.05) is 18.3 Å². The van der Waals surface area contributed by atoms with Crippen molar-refractivity contribution in [3.05, 3.63) is 64.5 Å². The van der Waals surface area contributed by atoms with E-state index >= 15 is 0 Å². The molecule has 0 saturated carbocycles. The number of H-pyrrole nitrogens is 1. The summed E-state index contributed by atoms with van der Waals surface area (Å²) in [5, 5.41) is 0.904. The van der Waals surface area contributed by atoms with Crippen molar-refractivity contribution in [3.63, 3.8) is 0 Å². The van der Waals surface area contributed by atoms with Crippen LogP contribution in [0.2, 0.25) is 10.0 Å². The standard InChI is InChI=1S/C24H20Cl2F3N5O/c25-16-9-19-20(10-17(16)26)33-22(32-19)21-2-1-7-34(21)23-18(30)8-14(11-31-23)13-3-5-15(6-4-13)35-12-24(27,28)29/h3-6,8-11,21H,1-2,7,12,30H2,(H,32,33)/t21-/m0/s1. The summed E-state index contributed by atoms with van der Waals surface area (Å²) < 4.78 is 41.8. The lowest BCUT2D eigenvalue weighted by molar-refractivity contribution is -0.153. The van der Waals surface area contributed by atoms with Crippen molar-refractivity contribution < 1.29 is 17.9 Å². The summed E-state index contributed by atoms with van der Waals surface area (Å²) in [6.07, 6.45) is -0.858. The van der Waals surface area contributed by atoms with Crippen molar-refractivity contribution in [1.29, 1.82) is 0 Å². The molecule has 2 aromatic carbocycles. The first-order valence-electron chi connectivity index (χ1n) is 10.8. The third-order valence-electron chi connectivity index (χ3n) is 5.87. The van der Waals surface area contributed by atoms with E-state index in [1.807, 2.05) is 6.07 Å². The van der Waals surface area contributed by atoms with Crippen LogP contribution < -0.4 is 15.4 Å². The summed E-state index contributed by atoms with van der Waals surface area (Å²) in [7, 11) is 0. The first-order valence-corrected chi connectivity index (χ1v) is 11.6. The van der Waals surface area contributed by atoms with Crippen LogP contribution in [-0.4, -0.2) is 34.3 Å². The zero-order valence-electron chi connectivity index (χ0n) is 18.2. The average Bonchev–Trinajstić information content (AvgIpc) is 3.45. The summed E-state index contributed by atoms with van der Waals surface area (Å²) in [4.78, 5) is 14.8. The van der Waals surface area contributed by atoms with Gasteiger partial charge in [-0.1, -0.05) is 35.3 Å². The van der Waals surface area contributed by atoms with Gasteiger partial charge in [0.05, 0.1) is 32.8 Å². The summed E-state index contributed by atoms with van der Waals surface area (Å²) in [6.45, 7) is -0.567. The van der Waals surface area contributed by atoms with Crippen molar-refractivity contribution in [1.82, 2.24) is 15.0 Å². The third-order valence-corrected chi connectivity index (χ3v) is 6.59. The highest BCUT2D eigenvalue weighted by Crippen LogP contribution is 2.39. The SMILES string of the molecule is Nc1cc(-c2ccc(OCC(F)(F)F)cc2)cnc1N1CCC[C@H]1c1nc2cc(Cl)c(Cl)cc2[nH]1. The number of hydrogen-bond donors (Lipinski definition) is 2. The molecule has 0 aliphatic carbocycles. The van der Waals surface area contributed by atoms with Crippen molar-refractivity contribution in [2.24, 2.45) is 0 Å². The molecule has 0 unspecified atom stereocenters. The second kappa shape index (κ2) is 9.13. The molecule has 5 rings (SSSR count). The Bertz CT molecular complexity index is 1340. The number of nitrogens with one attached hydrogen (secondary N) is 1. The van der Waals surface area contributed by atoms with Gasteiger partial charge in [0.2, 0.25) is 0 Å². The number of fused-ring (bicyclic) bond motifs is 1. The smallest absolute Gasteiger partial charge is 0.422 e. The number of aromatic nitrogens is 3. The molecule has 3 heterocycles. The molecule has 1 aliphatic heterocycles. The lowest BCUT2D eigenvalue weighted by Gasteiger charge is -2.25. The first-order chi connectivity index (χ1) is 16.7. The maximum atomic E-state index is 12.4. The Hall–Kier alpha value is -3.17. The highest BCUT2D eigenvalue weighted by molar-refractivity contribution is 6.42. The number of halogens is 5. The number of imidazole rings is 1. The molecule has 182 valence electrons. The van der Waals surface area contributed by atoms with Gasteiger partial charge in [-0.05, 0) is 48.7 Å². The average molecular weight is 522 g/mol. The largest absolute Gasteiger partial charge is 0.484 e. The quantitative estimate of drug-likeness (QED) is 0.302. The number of benzene rings is 2. The van der Waals surface area contributed by atoms with Crippen LogP contribution in [0.15, 0.2) is 48.7 Å². The second-order valence-electron chi connectivity index (χ2n) is 8.32. The van der Waals surface area contributed by atoms with Crippen LogP contribution in [-0.2, 0) is 0 Å². The van der Waals surface area contributed by atoms with Crippen molar-refractivity contribution in [3.8, 4) is 16.9 Å². The van der Waals surface area contributed by atoms with Crippen molar-refractivity contribution in [2.75, 3.05) is 23.8 Å². The molecule has 1 aliphatic rings. The maximum absolute atomic E-state index is 12.4. The maximum Gasteiger partial charge on any atom is 0.422 e. The molecule has 1 atom stereocenters. The molecule has 1 saturated heterocycles. The minimum absolute atomic E-state index is 0.0364. The predicted molar refractivity (Wildman–Crippen MR) is 131 cm³/mol. The van der Waals surface area contributed by atoms with Crippen LogP contribution in [0.4, 0.5) is 24.7 Å². The Balaban J connectivity index is 1.37. The molecular formula is C24H20Cl2F3N5O. The van der Waals surface area contributed by atoms with Gasteiger partial charge in [0.25, 0.3) is 0 Å². The fourth-order valence-corrected chi connectivity index (χ4v) is 4.59. The van der Waals surface area contributed by atoms with E-state index in [9.17, 15) is 13.2 Å². The van der Waals surface area contributed by atoms with Gasteiger partial charge in [-0.25, -0.2) is 9.97 Å². The number of pyridine rings is 1. The van der Waals surface area contributed by atoms with Crippen molar-refractivity contribution in [2.45, 2.75) is 25.1 Å². The van der Waals surface area contributed by atoms with Crippen LogP contribution in [0.1, 0.15) is 24.7 Å². The number of nitrogen functional groups attached to an aromatic ring is 1. The fraction of sp³-hybridized carbons (Fsp3) is 0.250. The van der Waals surface area contributed by atoms with E-state index in [4.69, 9.17) is 38.7 Å². The van der Waals surface area contributed by atoms with E-state index in [2.05, 4.69) is 14.9 Å². The van der Waals surface area contributed by atoms with E-state index in [1.165, 1.54) is 12.1 Å². The fourth-order valence-electron chi connectivity index (χ4n) is 4.27. The van der Waals surface area contributed by atoms with Crippen LogP contribution >= 0.6 is 23.2 Å². The van der Waals surface area contributed by atoms with E-state index in [1.54, 1.807) is 30.5 Å². The molecule has 4 aromatic rings. The molecule has 0 radical (unpaired) electrons. The lowest BCUT2D eigenvalue weighted by Crippen LogP contribution is -2.25. The molecule has 0 amide bonds.